The molecule has 0 aromatic heterocycles. The highest BCUT2D eigenvalue weighted by molar-refractivity contribution is 5.42. The molecule has 3 N–H and O–H groups in total. The van der Waals surface area contributed by atoms with Gasteiger partial charge in [0.1, 0.15) is 5.75 Å². The quantitative estimate of drug-likeness (QED) is 0.357. The minimum Gasteiger partial charge on any atom is -0.508 e. The van der Waals surface area contributed by atoms with Crippen LogP contribution >= 0.6 is 0 Å². The van der Waals surface area contributed by atoms with Gasteiger partial charge in [-0.25, -0.2) is 0 Å². The van der Waals surface area contributed by atoms with E-state index in [0.29, 0.717) is 0 Å². The van der Waals surface area contributed by atoms with Crippen LogP contribution in [0, 0.1) is 0 Å². The summed E-state index contributed by atoms with van der Waals surface area (Å²) < 4.78 is 0. The molecule has 0 bridgehead atoms. The molecule has 3 heteroatoms. The van der Waals surface area contributed by atoms with E-state index in [9.17, 15) is 0 Å². The molecule has 0 saturated heterocycles. The van der Waals surface area contributed by atoms with Gasteiger partial charge in [0, 0.05) is 6.07 Å². The van der Waals surface area contributed by atoms with Gasteiger partial charge in [0.05, 0.1) is 0 Å². The summed E-state index contributed by atoms with van der Waals surface area (Å²) in [7, 11) is 0. The number of hydrogen-bond acceptors (Lipinski definition) is 3. The molecule has 0 aliphatic rings. The van der Waals surface area contributed by atoms with E-state index in [2.05, 4.69) is 0 Å². The fourth-order valence-electron chi connectivity index (χ4n) is 0.512. The molecule has 1 rings (SSSR count). The van der Waals surface area contributed by atoms with Crippen molar-refractivity contribution in [1.29, 1.82) is 0 Å². The average Bonchev–Trinajstić information content (AvgIpc) is 1.80. The first kappa shape index (κ1) is 5.75. The largest absolute Gasteiger partial charge is 0.508 e. The second-order valence-corrected chi connectivity index (χ2v) is 1.67. The second kappa shape index (κ2) is 1.85. The first-order valence-corrected chi connectivity index (χ1v) is 2.41. The molecule has 0 spiro atoms. The van der Waals surface area contributed by atoms with Crippen LogP contribution in [0.5, 0.6) is 17.2 Å². The fourth-order valence-corrected chi connectivity index (χ4v) is 0.512. The monoisotopic (exact) mass is 127 g/mol. The Hall–Kier alpha value is -1.38. The van der Waals surface area contributed by atoms with E-state index in [0.717, 1.165) is 6.07 Å². The van der Waals surface area contributed by atoms with E-state index in [1.165, 1.54) is 12.1 Å². The van der Waals surface area contributed by atoms with Crippen molar-refractivity contribution in [2.45, 2.75) is 0 Å². The third-order valence-corrected chi connectivity index (χ3v) is 0.959. The molecular formula is C6H6O3. The zero-order chi connectivity index (χ0) is 6.85. The van der Waals surface area contributed by atoms with Crippen LogP contribution in [0.25, 0.3) is 0 Å². The molecule has 0 radical (unpaired) electrons. The Morgan fingerprint density at radius 2 is 1.56 bits per heavy atom. The summed E-state index contributed by atoms with van der Waals surface area (Å²) in [6.07, 6.45) is 0. The molecule has 3 nitrogen and oxygen atoms in total. The Labute approximate surface area is 51.8 Å². The van der Waals surface area contributed by atoms with E-state index in [1.807, 2.05) is 0 Å². The van der Waals surface area contributed by atoms with Crippen molar-refractivity contribution in [3.63, 3.8) is 0 Å². The molecule has 1 aromatic carbocycles. The summed E-state index contributed by atoms with van der Waals surface area (Å²) in [5.41, 5.74) is 0. The first-order chi connectivity index (χ1) is 4.20. The lowest BCUT2D eigenvalue weighted by atomic mass is 10.4. The lowest BCUT2D eigenvalue weighted by Gasteiger charge is -1.95. The van der Waals surface area contributed by atoms with E-state index in [4.69, 9.17) is 15.3 Å². The summed E-state index contributed by atoms with van der Waals surface area (Å²) >= 11 is 0. The summed E-state index contributed by atoms with van der Waals surface area (Å²) in [6, 6.07) is 3.56. The molecular weight excluding hydrogens is 121 g/mol. The standard InChI is InChI=1S/C6H6O3/c7-4-1-2-5(8)6(9)3-4/h1-3,7-9H/i4+1. The van der Waals surface area contributed by atoms with Crippen LogP contribution < -0.4 is 0 Å². The Kier molecular flexibility index (Phi) is 1.18. The van der Waals surface area contributed by atoms with Gasteiger partial charge in [-0.15, -0.1) is 0 Å². The normalized spacial score (nSPS) is 9.33. The van der Waals surface area contributed by atoms with E-state index in [1.54, 1.807) is 0 Å². The Morgan fingerprint density at radius 3 is 2.00 bits per heavy atom. The third kappa shape index (κ3) is 1.05. The van der Waals surface area contributed by atoms with Crippen molar-refractivity contribution in [2.75, 3.05) is 0 Å². The zero-order valence-corrected chi connectivity index (χ0v) is 4.57. The van der Waals surface area contributed by atoms with Crippen molar-refractivity contribution >= 4 is 0 Å². The summed E-state index contributed by atoms with van der Waals surface area (Å²) in [6.45, 7) is 0. The molecule has 0 heterocycles. The average molecular weight is 127 g/mol. The minimum atomic E-state index is -0.310. The van der Waals surface area contributed by atoms with Gasteiger partial charge in [0.25, 0.3) is 0 Å². The first-order valence-electron chi connectivity index (χ1n) is 2.41. The molecule has 0 fully saturated rings. The van der Waals surface area contributed by atoms with Crippen LogP contribution in [0.4, 0.5) is 0 Å². The molecule has 48 valence electrons. The molecule has 0 atom stereocenters. The number of phenols is 3. The van der Waals surface area contributed by atoms with Gasteiger partial charge in [0.15, 0.2) is 11.5 Å². The highest BCUT2D eigenvalue weighted by atomic mass is 16.3. The SMILES string of the molecule is Oc1cc[13c](O)cc1O. The lowest BCUT2D eigenvalue weighted by molar-refractivity contribution is 0.396. The van der Waals surface area contributed by atoms with Crippen LogP contribution in [-0.4, -0.2) is 15.3 Å². The molecule has 1 aromatic rings. The maximum Gasteiger partial charge on any atom is 0.161 e. The van der Waals surface area contributed by atoms with Crippen molar-refractivity contribution in [3.05, 3.63) is 18.2 Å². The number of hydrogen-bond donors (Lipinski definition) is 3. The molecule has 0 aliphatic heterocycles. The van der Waals surface area contributed by atoms with Gasteiger partial charge in [-0.05, 0) is 12.1 Å². The maximum atomic E-state index is 8.69. The predicted octanol–water partition coefficient (Wildman–Crippen LogP) is 0.803. The number of rotatable bonds is 0. The van der Waals surface area contributed by atoms with Crippen LogP contribution in [0.2, 0.25) is 0 Å². The molecule has 0 aliphatic carbocycles. The van der Waals surface area contributed by atoms with Gasteiger partial charge in [0.2, 0.25) is 0 Å². The number of benzene rings is 1. The van der Waals surface area contributed by atoms with Crippen molar-refractivity contribution < 1.29 is 15.3 Å². The van der Waals surface area contributed by atoms with Crippen LogP contribution in [-0.2, 0) is 0 Å². The molecule has 0 unspecified atom stereocenters. The number of phenolic OH excluding ortho intramolecular Hbond substituents is 3. The summed E-state index contributed by atoms with van der Waals surface area (Å²) in [4.78, 5) is 0. The van der Waals surface area contributed by atoms with E-state index < -0.39 is 0 Å². The smallest absolute Gasteiger partial charge is 0.161 e. The number of aromatic hydroxyl groups is 3. The Balaban J connectivity index is 3.17. The van der Waals surface area contributed by atoms with Gasteiger partial charge in [-0.3, -0.25) is 0 Å². The maximum absolute atomic E-state index is 8.69. The van der Waals surface area contributed by atoms with Crippen molar-refractivity contribution in [2.24, 2.45) is 0 Å². The van der Waals surface area contributed by atoms with Gasteiger partial charge < -0.3 is 15.3 Å². The highest BCUT2D eigenvalue weighted by Crippen LogP contribution is 2.27. The zero-order valence-electron chi connectivity index (χ0n) is 4.57. The molecule has 0 amide bonds. The highest BCUT2D eigenvalue weighted by Gasteiger charge is 1.96. The van der Waals surface area contributed by atoms with Crippen LogP contribution in [0.15, 0.2) is 18.2 Å². The van der Waals surface area contributed by atoms with Gasteiger partial charge in [-0.1, -0.05) is 0 Å². The van der Waals surface area contributed by atoms with E-state index >= 15 is 0 Å². The second-order valence-electron chi connectivity index (χ2n) is 1.67. The van der Waals surface area contributed by atoms with Gasteiger partial charge in [-0.2, -0.15) is 0 Å². The van der Waals surface area contributed by atoms with Crippen molar-refractivity contribution in [3.8, 4) is 17.2 Å². The van der Waals surface area contributed by atoms with E-state index in [-0.39, 0.29) is 17.2 Å². The molecule has 9 heavy (non-hydrogen) atoms. The Morgan fingerprint density at radius 1 is 0.889 bits per heavy atom. The predicted molar refractivity (Wildman–Crippen MR) is 31.4 cm³/mol. The van der Waals surface area contributed by atoms with Crippen LogP contribution in [0.1, 0.15) is 0 Å². The van der Waals surface area contributed by atoms with Gasteiger partial charge >= 0.3 is 0 Å². The third-order valence-electron chi connectivity index (χ3n) is 0.959. The summed E-state index contributed by atoms with van der Waals surface area (Å²) in [5.74, 6) is -0.604. The van der Waals surface area contributed by atoms with Crippen molar-refractivity contribution in [1.82, 2.24) is 0 Å². The fraction of sp³-hybridized carbons (Fsp3) is 0. The lowest BCUT2D eigenvalue weighted by Crippen LogP contribution is -1.66. The summed E-state index contributed by atoms with van der Waals surface area (Å²) in [5, 5.41) is 26.0. The van der Waals surface area contributed by atoms with Crippen LogP contribution in [0.3, 0.4) is 0 Å². The molecule has 0 saturated carbocycles. The Bertz CT molecular complexity index is 220. The topological polar surface area (TPSA) is 60.7 Å². The minimum absolute atomic E-state index is 0.0645.